The Bertz CT molecular complexity index is 433. The maximum absolute atomic E-state index is 9.02. The summed E-state index contributed by atoms with van der Waals surface area (Å²) in [7, 11) is 0. The van der Waals surface area contributed by atoms with E-state index in [9.17, 15) is 0 Å². The predicted octanol–water partition coefficient (Wildman–Crippen LogP) is 2.91. The van der Waals surface area contributed by atoms with Gasteiger partial charge in [-0.1, -0.05) is 39.2 Å². The minimum Gasteiger partial charge on any atom is -0.298 e. The fourth-order valence-corrected chi connectivity index (χ4v) is 1.75. The van der Waals surface area contributed by atoms with E-state index in [1.54, 1.807) is 0 Å². The molecular weight excluding hydrogens is 270 g/mol. The van der Waals surface area contributed by atoms with Crippen LogP contribution >= 0.6 is 15.9 Å². The largest absolute Gasteiger partial charge is 0.298 e. The molecule has 1 N–H and O–H groups in total. The summed E-state index contributed by atoms with van der Waals surface area (Å²) in [6.45, 7) is 0.808. The van der Waals surface area contributed by atoms with Crippen molar-refractivity contribution in [1.82, 2.24) is 5.32 Å². The zero-order valence-electron chi connectivity index (χ0n) is 8.47. The molecule has 1 aromatic carbocycles. The van der Waals surface area contributed by atoms with E-state index in [4.69, 9.17) is 10.8 Å². The molecule has 1 rings (SSSR count). The topological polar surface area (TPSA) is 84.6 Å². The van der Waals surface area contributed by atoms with E-state index in [2.05, 4.69) is 37.3 Å². The van der Waals surface area contributed by atoms with E-state index >= 15 is 0 Å². The molecule has 0 saturated carbocycles. The third-order valence-electron chi connectivity index (χ3n) is 1.97. The summed E-state index contributed by atoms with van der Waals surface area (Å²) < 4.78 is 0.887. The minimum atomic E-state index is -0.399. The van der Waals surface area contributed by atoms with Crippen LogP contribution in [0.15, 0.2) is 33.9 Å². The van der Waals surface area contributed by atoms with Crippen LogP contribution in [0.4, 0.5) is 0 Å². The van der Waals surface area contributed by atoms with Gasteiger partial charge >= 0.3 is 0 Å². The molecule has 0 heterocycles. The fourth-order valence-electron chi connectivity index (χ4n) is 1.24. The van der Waals surface area contributed by atoms with Crippen LogP contribution < -0.4 is 5.32 Å². The molecule has 0 radical (unpaired) electrons. The maximum Gasteiger partial charge on any atom is 0.122 e. The van der Waals surface area contributed by atoms with Gasteiger partial charge < -0.3 is 0 Å². The maximum atomic E-state index is 9.02. The molecule has 1 unspecified atom stereocenters. The van der Waals surface area contributed by atoms with Crippen molar-refractivity contribution in [3.8, 4) is 6.07 Å². The molecule has 0 aliphatic rings. The van der Waals surface area contributed by atoms with Crippen LogP contribution in [0.3, 0.4) is 0 Å². The number of rotatable bonds is 5. The van der Waals surface area contributed by atoms with Crippen LogP contribution in [0.5, 0.6) is 0 Å². The van der Waals surface area contributed by atoms with Crippen molar-refractivity contribution in [2.75, 3.05) is 13.1 Å². The molecule has 0 saturated heterocycles. The van der Waals surface area contributed by atoms with Gasteiger partial charge in [-0.2, -0.15) is 5.26 Å². The van der Waals surface area contributed by atoms with Gasteiger partial charge in [0, 0.05) is 22.5 Å². The third kappa shape index (κ3) is 3.55. The average molecular weight is 280 g/mol. The first kappa shape index (κ1) is 12.5. The fraction of sp³-hybridized carbons (Fsp3) is 0.300. The lowest BCUT2D eigenvalue weighted by Gasteiger charge is -2.12. The van der Waals surface area contributed by atoms with Gasteiger partial charge in [0.15, 0.2) is 0 Å². The molecule has 0 aliphatic heterocycles. The summed E-state index contributed by atoms with van der Waals surface area (Å²) in [5.74, 6) is 0. The van der Waals surface area contributed by atoms with E-state index < -0.39 is 6.04 Å². The normalized spacial score (nSPS) is 11.2. The van der Waals surface area contributed by atoms with Crippen molar-refractivity contribution in [3.63, 3.8) is 0 Å². The highest BCUT2D eigenvalue weighted by Gasteiger charge is 2.11. The number of halogens is 1. The van der Waals surface area contributed by atoms with Gasteiger partial charge in [0.2, 0.25) is 0 Å². The molecule has 1 atom stereocenters. The van der Waals surface area contributed by atoms with Crippen molar-refractivity contribution in [2.45, 2.75) is 6.04 Å². The number of nitriles is 1. The lowest BCUT2D eigenvalue weighted by molar-refractivity contribution is 0.633. The Balaban J connectivity index is 2.65. The smallest absolute Gasteiger partial charge is 0.122 e. The highest BCUT2D eigenvalue weighted by molar-refractivity contribution is 9.10. The summed E-state index contributed by atoms with van der Waals surface area (Å²) in [5, 5.41) is 15.4. The lowest BCUT2D eigenvalue weighted by atomic mass is 10.1. The Morgan fingerprint density at radius 1 is 1.56 bits per heavy atom. The molecule has 16 heavy (non-hydrogen) atoms. The monoisotopic (exact) mass is 279 g/mol. The van der Waals surface area contributed by atoms with Crippen molar-refractivity contribution >= 4 is 15.9 Å². The quantitative estimate of drug-likeness (QED) is 0.389. The zero-order chi connectivity index (χ0) is 11.8. The molecule has 1 aromatic rings. The number of hydrogen-bond acceptors (Lipinski definition) is 3. The molecule has 0 amide bonds. The van der Waals surface area contributed by atoms with E-state index in [0.29, 0.717) is 13.1 Å². The van der Waals surface area contributed by atoms with Gasteiger partial charge in [-0.25, -0.2) is 0 Å². The number of nitrogens with zero attached hydrogens (tertiary/aromatic N) is 4. The van der Waals surface area contributed by atoms with Gasteiger partial charge in [0.05, 0.1) is 6.07 Å². The number of hydrogen-bond donors (Lipinski definition) is 1. The van der Waals surface area contributed by atoms with Crippen molar-refractivity contribution in [3.05, 3.63) is 44.7 Å². The van der Waals surface area contributed by atoms with Gasteiger partial charge in [-0.05, 0) is 17.2 Å². The Morgan fingerprint density at radius 3 is 2.94 bits per heavy atom. The molecule has 82 valence electrons. The third-order valence-corrected chi connectivity index (χ3v) is 2.69. The minimum absolute atomic E-state index is 0.332. The average Bonchev–Trinajstić information content (AvgIpc) is 2.31. The van der Waals surface area contributed by atoms with Crippen LogP contribution in [0.1, 0.15) is 11.6 Å². The molecule has 5 nitrogen and oxygen atoms in total. The second kappa shape index (κ2) is 6.85. The first-order valence-corrected chi connectivity index (χ1v) is 5.47. The van der Waals surface area contributed by atoms with Crippen LogP contribution in [0.2, 0.25) is 0 Å². The molecule has 6 heteroatoms. The van der Waals surface area contributed by atoms with Gasteiger partial charge in [0.1, 0.15) is 6.04 Å². The Labute approximate surface area is 102 Å². The highest BCUT2D eigenvalue weighted by atomic mass is 79.9. The van der Waals surface area contributed by atoms with E-state index in [-0.39, 0.29) is 0 Å². The van der Waals surface area contributed by atoms with Crippen molar-refractivity contribution in [1.29, 1.82) is 5.26 Å². The summed E-state index contributed by atoms with van der Waals surface area (Å²) in [5.41, 5.74) is 8.99. The standard InChI is InChI=1S/C10H10BrN5/c11-9-4-2-1-3-8(9)10(7-12)14-5-6-15-16-13/h1-4,10,14H,5-6H2. The number of nitrogens with one attached hydrogen (secondary N) is 1. The first-order valence-electron chi connectivity index (χ1n) is 4.68. The summed E-state index contributed by atoms with van der Waals surface area (Å²) >= 11 is 3.39. The second-order valence-corrected chi connectivity index (χ2v) is 3.85. The van der Waals surface area contributed by atoms with E-state index in [1.165, 1.54) is 0 Å². The van der Waals surface area contributed by atoms with Crippen LogP contribution in [0, 0.1) is 11.3 Å². The Morgan fingerprint density at radius 2 is 2.31 bits per heavy atom. The van der Waals surface area contributed by atoms with Crippen LogP contribution in [-0.4, -0.2) is 13.1 Å². The van der Waals surface area contributed by atoms with E-state index in [1.807, 2.05) is 24.3 Å². The molecule has 0 bridgehead atoms. The zero-order valence-corrected chi connectivity index (χ0v) is 10.1. The van der Waals surface area contributed by atoms with Gasteiger partial charge in [-0.15, -0.1) is 0 Å². The summed E-state index contributed by atoms with van der Waals surface area (Å²) in [6, 6.07) is 9.28. The molecule has 0 aliphatic carbocycles. The Hall–Kier alpha value is -1.54. The first-order chi connectivity index (χ1) is 7.79. The SMILES string of the molecule is N#CC(NCCN=[N+]=[N-])c1ccccc1Br. The molecule has 0 aromatic heterocycles. The molecular formula is C10H10BrN5. The van der Waals surface area contributed by atoms with Gasteiger partial charge in [-0.3, -0.25) is 5.32 Å². The molecule has 0 spiro atoms. The lowest BCUT2D eigenvalue weighted by Crippen LogP contribution is -2.23. The van der Waals surface area contributed by atoms with Crippen molar-refractivity contribution < 1.29 is 0 Å². The number of benzene rings is 1. The number of azide groups is 1. The highest BCUT2D eigenvalue weighted by Crippen LogP contribution is 2.22. The predicted molar refractivity (Wildman–Crippen MR) is 64.5 cm³/mol. The molecule has 0 fully saturated rings. The van der Waals surface area contributed by atoms with E-state index in [0.717, 1.165) is 10.0 Å². The van der Waals surface area contributed by atoms with Crippen LogP contribution in [0.25, 0.3) is 10.4 Å². The Kier molecular flexibility index (Phi) is 5.37. The van der Waals surface area contributed by atoms with Crippen molar-refractivity contribution in [2.24, 2.45) is 5.11 Å². The summed E-state index contributed by atoms with van der Waals surface area (Å²) in [4.78, 5) is 2.64. The second-order valence-electron chi connectivity index (χ2n) is 2.99. The summed E-state index contributed by atoms with van der Waals surface area (Å²) in [6.07, 6.45) is 0. The van der Waals surface area contributed by atoms with Gasteiger partial charge in [0.25, 0.3) is 0 Å². The van der Waals surface area contributed by atoms with Crippen LogP contribution in [-0.2, 0) is 0 Å².